The number of aliphatic carboxylic acids is 1. The minimum Gasteiger partial charge on any atom is -0.484 e. The molecule has 5 heteroatoms. The van der Waals surface area contributed by atoms with Crippen molar-refractivity contribution in [3.05, 3.63) is 65.7 Å². The molecule has 1 amide bonds. The summed E-state index contributed by atoms with van der Waals surface area (Å²) in [5, 5.41) is 11.1. The lowest BCUT2D eigenvalue weighted by Gasteiger charge is -2.26. The molecule has 2 aromatic rings. The van der Waals surface area contributed by atoms with Crippen molar-refractivity contribution in [2.24, 2.45) is 0 Å². The van der Waals surface area contributed by atoms with Gasteiger partial charge in [0.2, 0.25) is 0 Å². The van der Waals surface area contributed by atoms with Crippen molar-refractivity contribution in [3.8, 4) is 5.75 Å². The van der Waals surface area contributed by atoms with E-state index in [2.05, 4.69) is 31.3 Å². The molecule has 5 nitrogen and oxygen atoms in total. The van der Waals surface area contributed by atoms with Gasteiger partial charge < -0.3 is 15.2 Å². The van der Waals surface area contributed by atoms with Crippen LogP contribution in [0.25, 0.3) is 0 Å². The standard InChI is InChI=1S/C20H23NO4/c1-14(19(23)24)21-18(22)13-25-17-11-9-16(10-12-17)20(2,3)15-7-5-4-6-8-15/h4-12,14H,13H2,1-3H3,(H,21,22)(H,23,24)/t14-/m0/s1. The van der Waals surface area contributed by atoms with Crippen molar-refractivity contribution in [2.75, 3.05) is 6.61 Å². The predicted molar refractivity (Wildman–Crippen MR) is 95.7 cm³/mol. The highest BCUT2D eigenvalue weighted by molar-refractivity contribution is 5.84. The Labute approximate surface area is 147 Å². The van der Waals surface area contributed by atoms with E-state index < -0.39 is 17.9 Å². The van der Waals surface area contributed by atoms with Gasteiger partial charge in [-0.2, -0.15) is 0 Å². The van der Waals surface area contributed by atoms with Crippen LogP contribution in [0.2, 0.25) is 0 Å². The van der Waals surface area contributed by atoms with Gasteiger partial charge in [-0.05, 0) is 30.2 Å². The van der Waals surface area contributed by atoms with Crippen LogP contribution in [0.1, 0.15) is 31.9 Å². The summed E-state index contributed by atoms with van der Waals surface area (Å²) in [5.41, 5.74) is 2.20. The predicted octanol–water partition coefficient (Wildman–Crippen LogP) is 2.98. The maximum absolute atomic E-state index is 11.6. The third-order valence-corrected chi connectivity index (χ3v) is 4.19. The first-order chi connectivity index (χ1) is 11.8. The smallest absolute Gasteiger partial charge is 0.325 e. The average molecular weight is 341 g/mol. The molecule has 0 aliphatic heterocycles. The Morgan fingerprint density at radius 1 is 1.04 bits per heavy atom. The average Bonchev–Trinajstić information content (AvgIpc) is 2.61. The van der Waals surface area contributed by atoms with Crippen LogP contribution in [-0.4, -0.2) is 29.6 Å². The lowest BCUT2D eigenvalue weighted by Crippen LogP contribution is -2.40. The number of hydrogen-bond acceptors (Lipinski definition) is 3. The molecule has 0 aliphatic rings. The van der Waals surface area contributed by atoms with Crippen molar-refractivity contribution in [1.82, 2.24) is 5.32 Å². The Bertz CT molecular complexity index is 723. The molecule has 0 aliphatic carbocycles. The highest BCUT2D eigenvalue weighted by Crippen LogP contribution is 2.32. The molecule has 2 rings (SSSR count). The fraction of sp³-hybridized carbons (Fsp3) is 0.300. The van der Waals surface area contributed by atoms with E-state index in [9.17, 15) is 9.59 Å². The Morgan fingerprint density at radius 2 is 1.60 bits per heavy atom. The molecule has 0 saturated carbocycles. The number of ether oxygens (including phenoxy) is 1. The van der Waals surface area contributed by atoms with Crippen molar-refractivity contribution in [3.63, 3.8) is 0 Å². The minimum atomic E-state index is -1.08. The van der Waals surface area contributed by atoms with Crippen LogP contribution in [0.15, 0.2) is 54.6 Å². The summed E-state index contributed by atoms with van der Waals surface area (Å²) >= 11 is 0. The number of carboxylic acid groups (broad SMARTS) is 1. The van der Waals surface area contributed by atoms with Crippen LogP contribution in [0.4, 0.5) is 0 Å². The van der Waals surface area contributed by atoms with Gasteiger partial charge in [0.25, 0.3) is 5.91 Å². The molecule has 1 atom stereocenters. The molecule has 2 aromatic carbocycles. The number of nitrogens with one attached hydrogen (secondary N) is 1. The number of hydrogen-bond donors (Lipinski definition) is 2. The zero-order chi connectivity index (χ0) is 18.4. The molecule has 0 heterocycles. The molecule has 0 bridgehead atoms. The molecule has 0 fully saturated rings. The van der Waals surface area contributed by atoms with E-state index in [-0.39, 0.29) is 12.0 Å². The third kappa shape index (κ3) is 4.83. The summed E-state index contributed by atoms with van der Waals surface area (Å²) < 4.78 is 5.42. The summed E-state index contributed by atoms with van der Waals surface area (Å²) in [5.74, 6) is -0.991. The zero-order valence-corrected chi connectivity index (χ0v) is 14.7. The summed E-state index contributed by atoms with van der Waals surface area (Å²) in [4.78, 5) is 22.3. The van der Waals surface area contributed by atoms with Crippen LogP contribution in [-0.2, 0) is 15.0 Å². The van der Waals surface area contributed by atoms with Crippen molar-refractivity contribution < 1.29 is 19.4 Å². The van der Waals surface area contributed by atoms with Gasteiger partial charge >= 0.3 is 5.97 Å². The van der Waals surface area contributed by atoms with Gasteiger partial charge in [-0.25, -0.2) is 0 Å². The maximum atomic E-state index is 11.6. The second kappa shape index (κ2) is 7.83. The van der Waals surface area contributed by atoms with E-state index in [1.807, 2.05) is 42.5 Å². The molecule has 0 saturated heterocycles. The van der Waals surface area contributed by atoms with E-state index in [1.165, 1.54) is 12.5 Å². The Balaban J connectivity index is 1.98. The largest absolute Gasteiger partial charge is 0.484 e. The Hall–Kier alpha value is -2.82. The number of amides is 1. The topological polar surface area (TPSA) is 75.6 Å². The van der Waals surface area contributed by atoms with Crippen molar-refractivity contribution in [2.45, 2.75) is 32.2 Å². The number of benzene rings is 2. The molecule has 2 N–H and O–H groups in total. The van der Waals surface area contributed by atoms with E-state index in [4.69, 9.17) is 9.84 Å². The zero-order valence-electron chi connectivity index (χ0n) is 14.7. The molecule has 132 valence electrons. The van der Waals surface area contributed by atoms with Gasteiger partial charge in [-0.15, -0.1) is 0 Å². The monoisotopic (exact) mass is 341 g/mol. The number of carbonyl (C=O) groups excluding carboxylic acids is 1. The maximum Gasteiger partial charge on any atom is 0.325 e. The Morgan fingerprint density at radius 3 is 2.16 bits per heavy atom. The van der Waals surface area contributed by atoms with Crippen molar-refractivity contribution >= 4 is 11.9 Å². The minimum absolute atomic E-state index is 0.145. The number of rotatable bonds is 7. The van der Waals surface area contributed by atoms with Crippen LogP contribution >= 0.6 is 0 Å². The van der Waals surface area contributed by atoms with Crippen molar-refractivity contribution in [1.29, 1.82) is 0 Å². The summed E-state index contributed by atoms with van der Waals surface area (Å²) in [6.07, 6.45) is 0. The first-order valence-corrected chi connectivity index (χ1v) is 8.11. The molecule has 0 radical (unpaired) electrons. The van der Waals surface area contributed by atoms with Gasteiger partial charge in [0.15, 0.2) is 6.61 Å². The SMILES string of the molecule is C[C@H](NC(=O)COc1ccc(C(C)(C)c2ccccc2)cc1)C(=O)O. The quantitative estimate of drug-likeness (QED) is 0.812. The summed E-state index contributed by atoms with van der Waals surface area (Å²) in [6, 6.07) is 16.9. The molecule has 0 unspecified atom stereocenters. The van der Waals surface area contributed by atoms with Gasteiger partial charge in [-0.3, -0.25) is 9.59 Å². The second-order valence-corrected chi connectivity index (χ2v) is 6.43. The number of carboxylic acids is 1. The lowest BCUT2D eigenvalue weighted by molar-refractivity contribution is -0.141. The van der Waals surface area contributed by atoms with E-state index in [0.29, 0.717) is 5.75 Å². The highest BCUT2D eigenvalue weighted by atomic mass is 16.5. The number of carbonyl (C=O) groups is 2. The van der Waals surface area contributed by atoms with Gasteiger partial charge in [-0.1, -0.05) is 56.3 Å². The third-order valence-electron chi connectivity index (χ3n) is 4.19. The van der Waals surface area contributed by atoms with Gasteiger partial charge in [0.1, 0.15) is 11.8 Å². The molecular weight excluding hydrogens is 318 g/mol. The van der Waals surface area contributed by atoms with Crippen LogP contribution in [0.5, 0.6) is 5.75 Å². The Kier molecular flexibility index (Phi) is 5.80. The van der Waals surface area contributed by atoms with Gasteiger partial charge in [0.05, 0.1) is 0 Å². The van der Waals surface area contributed by atoms with Crippen LogP contribution < -0.4 is 10.1 Å². The van der Waals surface area contributed by atoms with Crippen LogP contribution in [0.3, 0.4) is 0 Å². The lowest BCUT2D eigenvalue weighted by atomic mass is 9.78. The molecule has 0 spiro atoms. The molecule has 25 heavy (non-hydrogen) atoms. The molecular formula is C20H23NO4. The highest BCUT2D eigenvalue weighted by Gasteiger charge is 2.22. The van der Waals surface area contributed by atoms with Gasteiger partial charge in [0, 0.05) is 5.41 Å². The summed E-state index contributed by atoms with van der Waals surface area (Å²) in [7, 11) is 0. The summed E-state index contributed by atoms with van der Waals surface area (Å²) in [6.45, 7) is 5.48. The van der Waals surface area contributed by atoms with E-state index >= 15 is 0 Å². The van der Waals surface area contributed by atoms with E-state index in [1.54, 1.807) is 0 Å². The second-order valence-electron chi connectivity index (χ2n) is 6.43. The normalized spacial score (nSPS) is 12.3. The molecule has 0 aromatic heterocycles. The van der Waals surface area contributed by atoms with E-state index in [0.717, 1.165) is 5.56 Å². The first kappa shape index (κ1) is 18.5. The first-order valence-electron chi connectivity index (χ1n) is 8.11. The fourth-order valence-electron chi connectivity index (χ4n) is 2.48. The fourth-order valence-corrected chi connectivity index (χ4v) is 2.48. The van der Waals surface area contributed by atoms with Crippen LogP contribution in [0, 0.1) is 0 Å².